The zero-order valence-electron chi connectivity index (χ0n) is 10.5. The molecule has 1 unspecified atom stereocenters. The summed E-state index contributed by atoms with van der Waals surface area (Å²) in [5.41, 5.74) is 1.40. The van der Waals surface area contributed by atoms with Gasteiger partial charge in [0.15, 0.2) is 0 Å². The first-order valence-electron chi connectivity index (χ1n) is 6.62. The minimum Gasteiger partial charge on any atom is -0.376 e. The maximum atomic E-state index is 5.70. The summed E-state index contributed by atoms with van der Waals surface area (Å²) in [6, 6.07) is 0.492. The Kier molecular flexibility index (Phi) is 2.92. The monoisotopic (exact) mass is 235 g/mol. The second-order valence-electron chi connectivity index (χ2n) is 5.34. The zero-order chi connectivity index (χ0) is 11.7. The molecule has 4 nitrogen and oxygen atoms in total. The van der Waals surface area contributed by atoms with Crippen LogP contribution < -0.4 is 5.32 Å². The number of rotatable bonds is 4. The van der Waals surface area contributed by atoms with Crippen molar-refractivity contribution in [2.24, 2.45) is 0 Å². The fourth-order valence-electron chi connectivity index (χ4n) is 3.00. The van der Waals surface area contributed by atoms with E-state index in [2.05, 4.69) is 14.9 Å². The van der Waals surface area contributed by atoms with Crippen LogP contribution in [-0.2, 0) is 11.3 Å². The number of aromatic nitrogens is 2. The third-order valence-electron chi connectivity index (χ3n) is 4.32. The van der Waals surface area contributed by atoms with Crippen LogP contribution in [0.5, 0.6) is 0 Å². The Morgan fingerprint density at radius 1 is 1.53 bits per heavy atom. The lowest BCUT2D eigenvalue weighted by Gasteiger charge is -2.41. The van der Waals surface area contributed by atoms with Crippen LogP contribution in [0.25, 0.3) is 0 Å². The van der Waals surface area contributed by atoms with Crippen molar-refractivity contribution in [1.82, 2.24) is 14.9 Å². The largest absolute Gasteiger partial charge is 0.376 e. The molecule has 2 fully saturated rings. The molecular weight excluding hydrogens is 214 g/mol. The van der Waals surface area contributed by atoms with Crippen LogP contribution in [0.4, 0.5) is 0 Å². The van der Waals surface area contributed by atoms with E-state index in [-0.39, 0.29) is 5.60 Å². The SMILES string of the molecule is COC1(Cn2cncc2C2CCCN2)CCC1. The molecule has 0 bridgehead atoms. The summed E-state index contributed by atoms with van der Waals surface area (Å²) < 4.78 is 7.98. The maximum absolute atomic E-state index is 5.70. The Hall–Kier alpha value is -0.870. The Balaban J connectivity index is 1.76. The van der Waals surface area contributed by atoms with Gasteiger partial charge in [0.1, 0.15) is 0 Å². The van der Waals surface area contributed by atoms with Crippen LogP contribution in [0.3, 0.4) is 0 Å². The van der Waals surface area contributed by atoms with E-state index >= 15 is 0 Å². The molecule has 94 valence electrons. The Labute approximate surface area is 102 Å². The van der Waals surface area contributed by atoms with E-state index in [0.29, 0.717) is 6.04 Å². The molecule has 1 saturated heterocycles. The minimum absolute atomic E-state index is 0.0774. The van der Waals surface area contributed by atoms with Crippen molar-refractivity contribution in [3.05, 3.63) is 18.2 Å². The van der Waals surface area contributed by atoms with Gasteiger partial charge >= 0.3 is 0 Å². The van der Waals surface area contributed by atoms with Gasteiger partial charge < -0.3 is 14.6 Å². The van der Waals surface area contributed by atoms with Gasteiger partial charge in [-0.15, -0.1) is 0 Å². The second-order valence-corrected chi connectivity index (χ2v) is 5.34. The Morgan fingerprint density at radius 3 is 3.00 bits per heavy atom. The predicted molar refractivity (Wildman–Crippen MR) is 65.8 cm³/mol. The summed E-state index contributed by atoms with van der Waals surface area (Å²) in [5, 5.41) is 3.54. The van der Waals surface area contributed by atoms with Gasteiger partial charge in [0.2, 0.25) is 0 Å². The van der Waals surface area contributed by atoms with E-state index in [9.17, 15) is 0 Å². The van der Waals surface area contributed by atoms with Gasteiger partial charge in [0.05, 0.1) is 24.2 Å². The molecular formula is C13H21N3O. The van der Waals surface area contributed by atoms with Gasteiger partial charge in [-0.25, -0.2) is 4.98 Å². The third-order valence-corrected chi connectivity index (χ3v) is 4.32. The first kappa shape index (κ1) is 11.2. The molecule has 2 heterocycles. The summed E-state index contributed by atoms with van der Waals surface area (Å²) in [6.07, 6.45) is 10.1. The van der Waals surface area contributed by atoms with Gasteiger partial charge in [-0.3, -0.25) is 0 Å². The lowest BCUT2D eigenvalue weighted by atomic mass is 9.80. The van der Waals surface area contributed by atoms with Crippen molar-refractivity contribution in [3.8, 4) is 0 Å². The van der Waals surface area contributed by atoms with Crippen molar-refractivity contribution in [3.63, 3.8) is 0 Å². The highest BCUT2D eigenvalue weighted by Gasteiger charge is 2.38. The molecule has 0 amide bonds. The molecule has 0 aromatic carbocycles. The maximum Gasteiger partial charge on any atom is 0.0949 e. The molecule has 1 atom stereocenters. The van der Waals surface area contributed by atoms with Crippen molar-refractivity contribution >= 4 is 0 Å². The summed E-state index contributed by atoms with van der Waals surface area (Å²) in [7, 11) is 1.84. The number of hydrogen-bond acceptors (Lipinski definition) is 3. The van der Waals surface area contributed by atoms with Gasteiger partial charge in [-0.2, -0.15) is 0 Å². The normalized spacial score (nSPS) is 27.0. The van der Waals surface area contributed by atoms with Crippen LogP contribution in [0.1, 0.15) is 43.8 Å². The van der Waals surface area contributed by atoms with E-state index in [4.69, 9.17) is 4.74 Å². The number of nitrogens with zero attached hydrogens (tertiary/aromatic N) is 2. The highest BCUT2D eigenvalue weighted by atomic mass is 16.5. The highest BCUT2D eigenvalue weighted by Crippen LogP contribution is 2.37. The van der Waals surface area contributed by atoms with Crippen LogP contribution in [0.2, 0.25) is 0 Å². The molecule has 0 radical (unpaired) electrons. The van der Waals surface area contributed by atoms with E-state index in [1.807, 2.05) is 19.6 Å². The Bertz CT molecular complexity index is 372. The summed E-state index contributed by atoms with van der Waals surface area (Å²) in [4.78, 5) is 4.31. The van der Waals surface area contributed by atoms with Crippen LogP contribution in [0, 0.1) is 0 Å². The number of hydrogen-bond donors (Lipinski definition) is 1. The predicted octanol–water partition coefficient (Wildman–Crippen LogP) is 1.88. The van der Waals surface area contributed by atoms with Gasteiger partial charge in [-0.1, -0.05) is 0 Å². The molecule has 1 aliphatic heterocycles. The average Bonchev–Trinajstić information content (AvgIpc) is 2.93. The standard InChI is InChI=1S/C13H21N3O/c1-17-13(5-3-6-13)9-16-10-14-8-12(16)11-4-2-7-15-11/h8,10-11,15H,2-7,9H2,1H3. The summed E-state index contributed by atoms with van der Waals surface area (Å²) >= 11 is 0. The van der Waals surface area contributed by atoms with E-state index in [1.54, 1.807) is 0 Å². The Morgan fingerprint density at radius 2 is 2.41 bits per heavy atom. The molecule has 2 aliphatic rings. The summed E-state index contributed by atoms with van der Waals surface area (Å²) in [5.74, 6) is 0. The molecule has 1 aromatic rings. The van der Waals surface area contributed by atoms with Crippen LogP contribution in [-0.4, -0.2) is 28.8 Å². The van der Waals surface area contributed by atoms with E-state index in [1.165, 1.54) is 37.8 Å². The van der Waals surface area contributed by atoms with Crippen molar-refractivity contribution in [1.29, 1.82) is 0 Å². The molecule has 1 aromatic heterocycles. The first-order valence-corrected chi connectivity index (χ1v) is 6.62. The van der Waals surface area contributed by atoms with Crippen molar-refractivity contribution < 1.29 is 4.74 Å². The van der Waals surface area contributed by atoms with E-state index in [0.717, 1.165) is 13.1 Å². The number of methoxy groups -OCH3 is 1. The van der Waals surface area contributed by atoms with E-state index < -0.39 is 0 Å². The van der Waals surface area contributed by atoms with Gasteiger partial charge in [0.25, 0.3) is 0 Å². The number of ether oxygens (including phenoxy) is 1. The molecule has 1 saturated carbocycles. The van der Waals surface area contributed by atoms with Crippen LogP contribution in [0.15, 0.2) is 12.5 Å². The lowest BCUT2D eigenvalue weighted by Crippen LogP contribution is -2.43. The van der Waals surface area contributed by atoms with Crippen molar-refractivity contribution in [2.75, 3.05) is 13.7 Å². The fourth-order valence-corrected chi connectivity index (χ4v) is 3.00. The fraction of sp³-hybridized carbons (Fsp3) is 0.769. The number of nitrogens with one attached hydrogen (secondary N) is 1. The molecule has 3 rings (SSSR count). The smallest absolute Gasteiger partial charge is 0.0949 e. The quantitative estimate of drug-likeness (QED) is 0.866. The average molecular weight is 235 g/mol. The minimum atomic E-state index is 0.0774. The second kappa shape index (κ2) is 4.42. The zero-order valence-corrected chi connectivity index (χ0v) is 10.5. The molecule has 1 N–H and O–H groups in total. The highest BCUT2D eigenvalue weighted by molar-refractivity contribution is 5.08. The number of imidazole rings is 1. The third kappa shape index (κ3) is 2.00. The topological polar surface area (TPSA) is 39.1 Å². The van der Waals surface area contributed by atoms with Gasteiger partial charge in [-0.05, 0) is 38.6 Å². The van der Waals surface area contributed by atoms with Crippen molar-refractivity contribution in [2.45, 2.75) is 50.3 Å². The summed E-state index contributed by atoms with van der Waals surface area (Å²) in [6.45, 7) is 2.09. The molecule has 17 heavy (non-hydrogen) atoms. The van der Waals surface area contributed by atoms with Crippen LogP contribution >= 0.6 is 0 Å². The lowest BCUT2D eigenvalue weighted by molar-refractivity contribution is -0.0840. The molecule has 0 spiro atoms. The molecule has 1 aliphatic carbocycles. The van der Waals surface area contributed by atoms with Gasteiger partial charge in [0, 0.05) is 19.3 Å². The molecule has 4 heteroatoms. The first-order chi connectivity index (χ1) is 8.33.